The van der Waals surface area contributed by atoms with Crippen LogP contribution in [0.5, 0.6) is 0 Å². The highest BCUT2D eigenvalue weighted by molar-refractivity contribution is 5.80. The average molecular weight is 325 g/mol. The first-order valence-corrected chi connectivity index (χ1v) is 9.20. The SMILES string of the molecule is CCOC(=O)C1CCC(NC(=NC)NCCCCC(C)C)CC1. The molecule has 0 heterocycles. The molecule has 1 saturated carbocycles. The van der Waals surface area contributed by atoms with Crippen molar-refractivity contribution in [2.24, 2.45) is 16.8 Å². The molecule has 0 aliphatic heterocycles. The van der Waals surface area contributed by atoms with Crippen molar-refractivity contribution in [1.29, 1.82) is 0 Å². The number of hydrogen-bond acceptors (Lipinski definition) is 3. The first-order chi connectivity index (χ1) is 11.1. The van der Waals surface area contributed by atoms with Gasteiger partial charge in [0.15, 0.2) is 5.96 Å². The Morgan fingerprint density at radius 3 is 2.48 bits per heavy atom. The number of unbranched alkanes of at least 4 members (excludes halogenated alkanes) is 1. The number of ether oxygens (including phenoxy) is 1. The molecule has 0 saturated heterocycles. The zero-order valence-corrected chi connectivity index (χ0v) is 15.4. The largest absolute Gasteiger partial charge is 0.466 e. The van der Waals surface area contributed by atoms with Gasteiger partial charge in [-0.2, -0.15) is 0 Å². The maximum atomic E-state index is 11.8. The third-order valence-electron chi connectivity index (χ3n) is 4.41. The Kier molecular flexibility index (Phi) is 9.72. The molecule has 1 rings (SSSR count). The van der Waals surface area contributed by atoms with Crippen LogP contribution >= 0.6 is 0 Å². The van der Waals surface area contributed by atoms with Crippen LogP contribution in [0.3, 0.4) is 0 Å². The summed E-state index contributed by atoms with van der Waals surface area (Å²) in [5.41, 5.74) is 0. The van der Waals surface area contributed by atoms with E-state index in [-0.39, 0.29) is 11.9 Å². The van der Waals surface area contributed by atoms with Crippen LogP contribution in [-0.2, 0) is 9.53 Å². The summed E-state index contributed by atoms with van der Waals surface area (Å²) in [5, 5.41) is 6.88. The van der Waals surface area contributed by atoms with Gasteiger partial charge in [-0.15, -0.1) is 0 Å². The van der Waals surface area contributed by atoms with Gasteiger partial charge >= 0.3 is 5.97 Å². The zero-order chi connectivity index (χ0) is 17.1. The van der Waals surface area contributed by atoms with Crippen molar-refractivity contribution in [3.63, 3.8) is 0 Å². The third kappa shape index (κ3) is 8.24. The Morgan fingerprint density at radius 1 is 1.22 bits per heavy atom. The van der Waals surface area contributed by atoms with Crippen LogP contribution in [0.4, 0.5) is 0 Å². The molecule has 5 heteroatoms. The maximum Gasteiger partial charge on any atom is 0.308 e. The lowest BCUT2D eigenvalue weighted by atomic mass is 9.86. The molecule has 0 unspecified atom stereocenters. The van der Waals surface area contributed by atoms with Gasteiger partial charge in [0.05, 0.1) is 12.5 Å². The molecule has 0 radical (unpaired) electrons. The smallest absolute Gasteiger partial charge is 0.308 e. The molecule has 2 N–H and O–H groups in total. The second-order valence-corrected chi connectivity index (χ2v) is 6.83. The van der Waals surface area contributed by atoms with E-state index in [9.17, 15) is 4.79 Å². The summed E-state index contributed by atoms with van der Waals surface area (Å²) in [5.74, 6) is 1.72. The number of rotatable bonds is 8. The van der Waals surface area contributed by atoms with Gasteiger partial charge in [-0.25, -0.2) is 0 Å². The molecule has 1 aliphatic rings. The summed E-state index contributed by atoms with van der Waals surface area (Å²) in [6.07, 6.45) is 7.52. The van der Waals surface area contributed by atoms with E-state index in [0.717, 1.165) is 44.1 Å². The summed E-state index contributed by atoms with van der Waals surface area (Å²) in [4.78, 5) is 16.1. The predicted molar refractivity (Wildman–Crippen MR) is 95.6 cm³/mol. The van der Waals surface area contributed by atoms with Gasteiger partial charge in [0.2, 0.25) is 0 Å². The number of aliphatic imine (C=N–C) groups is 1. The number of esters is 1. The first-order valence-electron chi connectivity index (χ1n) is 9.20. The van der Waals surface area contributed by atoms with Crippen LogP contribution in [0.15, 0.2) is 4.99 Å². The van der Waals surface area contributed by atoms with Gasteiger partial charge < -0.3 is 15.4 Å². The van der Waals surface area contributed by atoms with E-state index in [4.69, 9.17) is 4.74 Å². The molecule has 0 atom stereocenters. The Bertz CT molecular complexity index is 361. The van der Waals surface area contributed by atoms with E-state index >= 15 is 0 Å². The molecule has 0 aromatic heterocycles. The minimum atomic E-state index is -0.0291. The molecule has 0 amide bonds. The molecule has 0 aromatic rings. The molecule has 23 heavy (non-hydrogen) atoms. The fraction of sp³-hybridized carbons (Fsp3) is 0.889. The normalized spacial score (nSPS) is 22.0. The summed E-state index contributed by atoms with van der Waals surface area (Å²) in [6.45, 7) is 7.83. The highest BCUT2D eigenvalue weighted by Crippen LogP contribution is 2.25. The van der Waals surface area contributed by atoms with Crippen LogP contribution in [0, 0.1) is 11.8 Å². The minimum absolute atomic E-state index is 0.0291. The first kappa shape index (κ1) is 19.8. The average Bonchev–Trinajstić information content (AvgIpc) is 2.54. The standard InChI is InChI=1S/C18H35N3O2/c1-5-23-17(22)15-9-11-16(12-10-15)21-18(19-4)20-13-7-6-8-14(2)3/h14-16H,5-13H2,1-4H3,(H2,19,20,21). The van der Waals surface area contributed by atoms with E-state index in [1.807, 2.05) is 14.0 Å². The fourth-order valence-corrected chi connectivity index (χ4v) is 3.01. The van der Waals surface area contributed by atoms with Crippen LogP contribution in [0.2, 0.25) is 0 Å². The molecule has 0 bridgehead atoms. The van der Waals surface area contributed by atoms with Crippen LogP contribution in [-0.4, -0.2) is 38.2 Å². The quantitative estimate of drug-likeness (QED) is 0.311. The zero-order valence-electron chi connectivity index (χ0n) is 15.4. The van der Waals surface area contributed by atoms with Crippen molar-refractivity contribution in [3.05, 3.63) is 0 Å². The molecule has 0 spiro atoms. The van der Waals surface area contributed by atoms with E-state index in [1.54, 1.807) is 0 Å². The predicted octanol–water partition coefficient (Wildman–Crippen LogP) is 3.10. The number of nitrogens with one attached hydrogen (secondary N) is 2. The third-order valence-corrected chi connectivity index (χ3v) is 4.41. The Balaban J connectivity index is 2.21. The Morgan fingerprint density at radius 2 is 1.91 bits per heavy atom. The molecule has 5 nitrogen and oxygen atoms in total. The minimum Gasteiger partial charge on any atom is -0.466 e. The highest BCUT2D eigenvalue weighted by atomic mass is 16.5. The van der Waals surface area contributed by atoms with Gasteiger partial charge in [0.25, 0.3) is 0 Å². The van der Waals surface area contributed by atoms with Crippen LogP contribution in [0.25, 0.3) is 0 Å². The molecule has 1 aliphatic carbocycles. The second kappa shape index (κ2) is 11.3. The summed E-state index contributed by atoms with van der Waals surface area (Å²) < 4.78 is 5.12. The number of hydrogen-bond donors (Lipinski definition) is 2. The topological polar surface area (TPSA) is 62.7 Å². The lowest BCUT2D eigenvalue weighted by Crippen LogP contribution is -2.45. The van der Waals surface area contributed by atoms with Crippen molar-refractivity contribution in [3.8, 4) is 0 Å². The van der Waals surface area contributed by atoms with Gasteiger partial charge in [-0.1, -0.05) is 26.7 Å². The van der Waals surface area contributed by atoms with Crippen LogP contribution in [0.1, 0.15) is 65.7 Å². The second-order valence-electron chi connectivity index (χ2n) is 6.83. The Hall–Kier alpha value is -1.26. The van der Waals surface area contributed by atoms with Crippen molar-refractivity contribution >= 4 is 11.9 Å². The van der Waals surface area contributed by atoms with Gasteiger partial charge in [-0.05, 0) is 44.9 Å². The molecular weight excluding hydrogens is 290 g/mol. The molecular formula is C18H35N3O2. The summed E-state index contributed by atoms with van der Waals surface area (Å²) in [6, 6.07) is 0.405. The van der Waals surface area contributed by atoms with Crippen molar-refractivity contribution in [2.45, 2.75) is 71.8 Å². The summed E-state index contributed by atoms with van der Waals surface area (Å²) in [7, 11) is 1.81. The number of carbonyl (C=O) groups is 1. The molecule has 134 valence electrons. The van der Waals surface area contributed by atoms with Gasteiger partial charge in [0.1, 0.15) is 0 Å². The Labute approximate surface area is 141 Å². The lowest BCUT2D eigenvalue weighted by molar-refractivity contribution is -0.149. The van der Waals surface area contributed by atoms with Crippen molar-refractivity contribution in [1.82, 2.24) is 10.6 Å². The van der Waals surface area contributed by atoms with E-state index < -0.39 is 0 Å². The van der Waals surface area contributed by atoms with E-state index in [2.05, 4.69) is 29.5 Å². The maximum absolute atomic E-state index is 11.8. The lowest BCUT2D eigenvalue weighted by Gasteiger charge is -2.29. The van der Waals surface area contributed by atoms with Crippen molar-refractivity contribution < 1.29 is 9.53 Å². The highest BCUT2D eigenvalue weighted by Gasteiger charge is 2.27. The number of guanidine groups is 1. The monoisotopic (exact) mass is 325 g/mol. The van der Waals surface area contributed by atoms with E-state index in [1.165, 1.54) is 19.3 Å². The van der Waals surface area contributed by atoms with Gasteiger partial charge in [0, 0.05) is 19.6 Å². The van der Waals surface area contributed by atoms with Crippen LogP contribution < -0.4 is 10.6 Å². The molecule has 1 fully saturated rings. The number of carbonyl (C=O) groups excluding carboxylic acids is 1. The van der Waals surface area contributed by atoms with Gasteiger partial charge in [-0.3, -0.25) is 9.79 Å². The van der Waals surface area contributed by atoms with Crippen molar-refractivity contribution in [2.75, 3.05) is 20.2 Å². The fourth-order valence-electron chi connectivity index (χ4n) is 3.01. The van der Waals surface area contributed by atoms with E-state index in [0.29, 0.717) is 12.6 Å². The summed E-state index contributed by atoms with van der Waals surface area (Å²) >= 11 is 0. The molecule has 0 aromatic carbocycles. The number of nitrogens with zero attached hydrogens (tertiary/aromatic N) is 1.